The minimum absolute atomic E-state index is 0.0174. The van der Waals surface area contributed by atoms with Gasteiger partial charge in [-0.05, 0) is 64.9 Å². The number of halogens is 1. The summed E-state index contributed by atoms with van der Waals surface area (Å²) < 4.78 is 19.7. The molecule has 1 fully saturated rings. The highest BCUT2D eigenvalue weighted by atomic mass is 127. The van der Waals surface area contributed by atoms with E-state index in [0.29, 0.717) is 18.4 Å². The number of hydrogen-bond acceptors (Lipinski definition) is 8. The first-order valence-electron chi connectivity index (χ1n) is 13.2. The summed E-state index contributed by atoms with van der Waals surface area (Å²) in [5, 5.41) is 24.2. The summed E-state index contributed by atoms with van der Waals surface area (Å²) in [5.74, 6) is -2.72. The number of carbonyl (C=O) groups excluding carboxylic acids is 3. The third-order valence-corrected chi connectivity index (χ3v) is 7.96. The van der Waals surface area contributed by atoms with E-state index in [1.165, 1.54) is 6.92 Å². The maximum absolute atomic E-state index is 13.4. The zero-order valence-corrected chi connectivity index (χ0v) is 24.0. The minimum atomic E-state index is -1.25. The van der Waals surface area contributed by atoms with E-state index < -0.39 is 54.0 Å². The molecule has 1 saturated heterocycles. The van der Waals surface area contributed by atoms with Gasteiger partial charge >= 0.3 is 5.97 Å². The first-order chi connectivity index (χ1) is 19.2. The lowest BCUT2D eigenvalue weighted by Gasteiger charge is -2.31. The largest absolute Gasteiger partial charge is 0.456 e. The van der Waals surface area contributed by atoms with Crippen LogP contribution >= 0.6 is 22.6 Å². The number of rotatable bonds is 8. The lowest BCUT2D eigenvalue weighted by atomic mass is 9.91. The lowest BCUT2D eigenvalue weighted by molar-refractivity contribution is -0.172. The number of amides is 2. The molecule has 4 N–H and O–H groups in total. The van der Waals surface area contributed by atoms with Gasteiger partial charge in [0.15, 0.2) is 5.79 Å². The topological polar surface area (TPSA) is 143 Å². The number of nitrogens with one attached hydrogen (secondary N) is 2. The Morgan fingerprint density at radius 1 is 1.12 bits per heavy atom. The third-order valence-electron chi connectivity index (χ3n) is 7.29. The standard InChI is InChI=1S/C29H31IN2O8/c1-16(34)24(27(36)31-9-10-33)32-26(35)20-12-22(38-28(37)17-7-4-8-21(30)11-17)25-23(13-20)39-29(40-25)14-18-5-2-3-6-19(18)15-29/h2-8,11,13,16,22-25,33-34H,9-10,12,14-15H2,1H3,(H,31,36)(H,32,35)/t16-,22+,23+,24+,25-/m0/s1. The molecule has 5 atom stereocenters. The Balaban J connectivity index is 1.39. The second kappa shape index (κ2) is 12.0. The van der Waals surface area contributed by atoms with Gasteiger partial charge in [-0.1, -0.05) is 30.3 Å². The second-order valence-corrected chi connectivity index (χ2v) is 11.5. The Hall–Kier alpha value is -2.84. The maximum atomic E-state index is 13.4. The Morgan fingerprint density at radius 3 is 2.50 bits per heavy atom. The summed E-state index contributed by atoms with van der Waals surface area (Å²) in [5.41, 5.74) is 2.85. The van der Waals surface area contributed by atoms with Gasteiger partial charge in [-0.3, -0.25) is 9.59 Å². The Morgan fingerprint density at radius 2 is 1.85 bits per heavy atom. The number of benzene rings is 2. The monoisotopic (exact) mass is 662 g/mol. The quantitative estimate of drug-likeness (QED) is 0.246. The number of hydrogen-bond donors (Lipinski definition) is 4. The highest BCUT2D eigenvalue weighted by Gasteiger charge is 2.55. The highest BCUT2D eigenvalue weighted by molar-refractivity contribution is 14.1. The van der Waals surface area contributed by atoms with Crippen molar-refractivity contribution < 1.29 is 38.8 Å². The van der Waals surface area contributed by atoms with E-state index >= 15 is 0 Å². The van der Waals surface area contributed by atoms with E-state index in [9.17, 15) is 19.5 Å². The molecule has 0 aromatic heterocycles. The fraction of sp³-hybridized carbons (Fsp3) is 0.414. The zero-order chi connectivity index (χ0) is 28.4. The third kappa shape index (κ3) is 6.08. The van der Waals surface area contributed by atoms with Crippen LogP contribution < -0.4 is 10.6 Å². The molecule has 5 rings (SSSR count). The van der Waals surface area contributed by atoms with E-state index in [1.54, 1.807) is 24.3 Å². The second-order valence-electron chi connectivity index (χ2n) is 10.3. The first-order valence-corrected chi connectivity index (χ1v) is 14.2. The van der Waals surface area contributed by atoms with Crippen molar-refractivity contribution in [2.75, 3.05) is 13.2 Å². The number of carbonyl (C=O) groups is 3. The molecule has 2 aromatic rings. The van der Waals surface area contributed by atoms with Crippen LogP contribution in [0.4, 0.5) is 0 Å². The van der Waals surface area contributed by atoms with Gasteiger partial charge in [-0.2, -0.15) is 0 Å². The Labute approximate surface area is 245 Å². The highest BCUT2D eigenvalue weighted by Crippen LogP contribution is 2.45. The van der Waals surface area contributed by atoms with Crippen LogP contribution in [0, 0.1) is 3.57 Å². The van der Waals surface area contributed by atoms with Crippen LogP contribution in [0.2, 0.25) is 0 Å². The van der Waals surface area contributed by atoms with Gasteiger partial charge in [0.2, 0.25) is 11.8 Å². The van der Waals surface area contributed by atoms with Crippen molar-refractivity contribution in [1.82, 2.24) is 10.6 Å². The van der Waals surface area contributed by atoms with Crippen LogP contribution in [0.5, 0.6) is 0 Å². The molecule has 0 bridgehead atoms. The van der Waals surface area contributed by atoms with Gasteiger partial charge in [-0.15, -0.1) is 0 Å². The van der Waals surface area contributed by atoms with Gasteiger partial charge in [0.1, 0.15) is 24.4 Å². The van der Waals surface area contributed by atoms with E-state index in [4.69, 9.17) is 19.3 Å². The molecule has 212 valence electrons. The molecule has 40 heavy (non-hydrogen) atoms. The van der Waals surface area contributed by atoms with E-state index in [1.807, 2.05) is 30.3 Å². The summed E-state index contributed by atoms with van der Waals surface area (Å²) >= 11 is 2.12. The Kier molecular flexibility index (Phi) is 8.57. The number of aliphatic hydroxyl groups excluding tert-OH is 2. The molecule has 11 heteroatoms. The fourth-order valence-corrected chi connectivity index (χ4v) is 5.95. The molecule has 2 aliphatic carbocycles. The molecule has 0 radical (unpaired) electrons. The molecule has 2 aromatic carbocycles. The number of esters is 1. The summed E-state index contributed by atoms with van der Waals surface area (Å²) in [7, 11) is 0. The molecule has 2 amide bonds. The van der Waals surface area contributed by atoms with Crippen molar-refractivity contribution in [3.63, 3.8) is 0 Å². The van der Waals surface area contributed by atoms with Crippen molar-refractivity contribution in [2.24, 2.45) is 0 Å². The van der Waals surface area contributed by atoms with Crippen molar-refractivity contribution in [1.29, 1.82) is 0 Å². The van der Waals surface area contributed by atoms with Crippen molar-refractivity contribution in [3.05, 3.63) is 80.4 Å². The number of fused-ring (bicyclic) bond motifs is 2. The van der Waals surface area contributed by atoms with Gasteiger partial charge in [-0.25, -0.2) is 4.79 Å². The average Bonchev–Trinajstić information content (AvgIpc) is 3.48. The van der Waals surface area contributed by atoms with Crippen LogP contribution in [0.25, 0.3) is 0 Å². The zero-order valence-electron chi connectivity index (χ0n) is 21.8. The molecule has 1 spiro atoms. The van der Waals surface area contributed by atoms with E-state index in [-0.39, 0.29) is 25.1 Å². The molecular formula is C29H31IN2O8. The maximum Gasteiger partial charge on any atom is 0.338 e. The number of ether oxygens (including phenoxy) is 3. The molecule has 3 aliphatic rings. The fourth-order valence-electron chi connectivity index (χ4n) is 5.41. The summed E-state index contributed by atoms with van der Waals surface area (Å²) in [6.45, 7) is 1.09. The van der Waals surface area contributed by atoms with Crippen LogP contribution in [-0.4, -0.2) is 77.4 Å². The predicted octanol–water partition coefficient (Wildman–Crippen LogP) is 1.40. The van der Waals surface area contributed by atoms with Crippen molar-refractivity contribution in [2.45, 2.75) is 62.4 Å². The van der Waals surface area contributed by atoms with Gasteiger partial charge in [0.25, 0.3) is 0 Å². The van der Waals surface area contributed by atoms with E-state index in [2.05, 4.69) is 33.2 Å². The molecule has 10 nitrogen and oxygen atoms in total. The SMILES string of the molecule is C[C@H](O)[C@@H](NC(=O)C1=C[C@H]2OC3(Cc4ccccc4C3)O[C@H]2[C@H](OC(=O)c2cccc(I)c2)C1)C(=O)NCCO. The van der Waals surface area contributed by atoms with Crippen LogP contribution in [0.15, 0.2) is 60.2 Å². The van der Waals surface area contributed by atoms with Crippen LogP contribution in [-0.2, 0) is 36.6 Å². The number of aliphatic hydroxyl groups is 2. The van der Waals surface area contributed by atoms with Crippen molar-refractivity contribution in [3.8, 4) is 0 Å². The first kappa shape index (κ1) is 28.7. The molecular weight excluding hydrogens is 631 g/mol. The van der Waals surface area contributed by atoms with Crippen LogP contribution in [0.1, 0.15) is 34.8 Å². The smallest absolute Gasteiger partial charge is 0.338 e. The van der Waals surface area contributed by atoms with Gasteiger partial charge in [0, 0.05) is 35.0 Å². The molecule has 0 saturated carbocycles. The van der Waals surface area contributed by atoms with Crippen LogP contribution in [0.3, 0.4) is 0 Å². The lowest BCUT2D eigenvalue weighted by Crippen LogP contribution is -2.54. The van der Waals surface area contributed by atoms with Gasteiger partial charge < -0.3 is 35.1 Å². The van der Waals surface area contributed by atoms with Gasteiger partial charge in [0.05, 0.1) is 18.3 Å². The summed E-state index contributed by atoms with van der Waals surface area (Å²) in [4.78, 5) is 39.0. The van der Waals surface area contributed by atoms with Crippen molar-refractivity contribution >= 4 is 40.4 Å². The van der Waals surface area contributed by atoms with E-state index in [0.717, 1.165) is 14.7 Å². The molecule has 1 aliphatic heterocycles. The average molecular weight is 662 g/mol. The predicted molar refractivity (Wildman–Crippen MR) is 151 cm³/mol. The Bertz CT molecular complexity index is 1300. The minimum Gasteiger partial charge on any atom is -0.456 e. The normalized spacial score (nSPS) is 23.9. The molecule has 0 unspecified atom stereocenters. The summed E-state index contributed by atoms with van der Waals surface area (Å²) in [6, 6.07) is 13.7. The summed E-state index contributed by atoms with van der Waals surface area (Å²) in [6.07, 6.45) is -0.615. The molecule has 1 heterocycles.